The topological polar surface area (TPSA) is 44.4 Å². The van der Waals surface area contributed by atoms with Crippen LogP contribution in [-0.4, -0.2) is 30.6 Å². The standard InChI is InChI=1S/C20H22ClF2N3O/c21-16-3-1-2-15(10-16)13-26-8-6-14(7-9-26)12-24-20(27)25-19-11-17(22)4-5-18(19)23/h1-5,10-11,14H,6-9,12-13H2,(H2,24,25,27). The molecule has 0 saturated carbocycles. The van der Waals surface area contributed by atoms with Crippen LogP contribution in [-0.2, 0) is 6.54 Å². The maximum Gasteiger partial charge on any atom is 0.319 e. The molecule has 1 fully saturated rings. The van der Waals surface area contributed by atoms with Crippen LogP contribution >= 0.6 is 11.6 Å². The number of nitrogens with zero attached hydrogens (tertiary/aromatic N) is 1. The Bertz CT molecular complexity index is 795. The molecule has 2 aromatic carbocycles. The van der Waals surface area contributed by atoms with Gasteiger partial charge in [0.2, 0.25) is 0 Å². The Labute approximate surface area is 162 Å². The van der Waals surface area contributed by atoms with E-state index in [2.05, 4.69) is 21.6 Å². The molecule has 27 heavy (non-hydrogen) atoms. The zero-order chi connectivity index (χ0) is 19.2. The van der Waals surface area contributed by atoms with Crippen LogP contribution in [0, 0.1) is 17.6 Å². The van der Waals surface area contributed by atoms with Gasteiger partial charge in [-0.2, -0.15) is 0 Å². The Kier molecular flexibility index (Phi) is 6.63. The number of hydrogen-bond donors (Lipinski definition) is 2. The Hall–Kier alpha value is -2.18. The summed E-state index contributed by atoms with van der Waals surface area (Å²) >= 11 is 6.02. The van der Waals surface area contributed by atoms with Crippen LogP contribution in [0.1, 0.15) is 18.4 Å². The smallest absolute Gasteiger partial charge is 0.319 e. The van der Waals surface area contributed by atoms with Crippen molar-refractivity contribution >= 4 is 23.3 Å². The van der Waals surface area contributed by atoms with Crippen molar-refractivity contribution in [3.63, 3.8) is 0 Å². The summed E-state index contributed by atoms with van der Waals surface area (Å²) in [7, 11) is 0. The van der Waals surface area contributed by atoms with E-state index in [0.29, 0.717) is 12.5 Å². The highest BCUT2D eigenvalue weighted by molar-refractivity contribution is 6.30. The van der Waals surface area contributed by atoms with Crippen LogP contribution in [0.3, 0.4) is 0 Å². The molecule has 1 aliphatic rings. The largest absolute Gasteiger partial charge is 0.338 e. The molecule has 4 nitrogen and oxygen atoms in total. The second-order valence-electron chi connectivity index (χ2n) is 6.81. The monoisotopic (exact) mass is 393 g/mol. The molecule has 0 aliphatic carbocycles. The molecular weight excluding hydrogens is 372 g/mol. The number of carbonyl (C=O) groups is 1. The molecule has 2 N–H and O–H groups in total. The maximum absolute atomic E-state index is 13.5. The first kappa shape index (κ1) is 19.6. The zero-order valence-electron chi connectivity index (χ0n) is 14.9. The van der Waals surface area contributed by atoms with Gasteiger partial charge in [-0.25, -0.2) is 13.6 Å². The molecular formula is C20H22ClF2N3O. The van der Waals surface area contributed by atoms with Gasteiger partial charge in [0, 0.05) is 24.2 Å². The van der Waals surface area contributed by atoms with Gasteiger partial charge < -0.3 is 10.6 Å². The maximum atomic E-state index is 13.5. The summed E-state index contributed by atoms with van der Waals surface area (Å²) in [6.07, 6.45) is 1.93. The molecule has 1 saturated heterocycles. The number of rotatable bonds is 5. The first-order valence-corrected chi connectivity index (χ1v) is 9.34. The highest BCUT2D eigenvalue weighted by Gasteiger charge is 2.20. The van der Waals surface area contributed by atoms with Crippen molar-refractivity contribution in [1.82, 2.24) is 10.2 Å². The van der Waals surface area contributed by atoms with Crippen molar-refractivity contribution in [3.05, 3.63) is 64.7 Å². The fraction of sp³-hybridized carbons (Fsp3) is 0.350. The summed E-state index contributed by atoms with van der Waals surface area (Å²) in [5.41, 5.74) is 1.03. The van der Waals surface area contributed by atoms with E-state index in [-0.39, 0.29) is 5.69 Å². The van der Waals surface area contributed by atoms with Gasteiger partial charge in [-0.15, -0.1) is 0 Å². The average Bonchev–Trinajstić information content (AvgIpc) is 2.64. The number of amides is 2. The Morgan fingerprint density at radius 1 is 1.15 bits per heavy atom. The van der Waals surface area contributed by atoms with E-state index in [1.807, 2.05) is 18.2 Å². The Morgan fingerprint density at radius 3 is 2.67 bits per heavy atom. The van der Waals surface area contributed by atoms with Gasteiger partial charge in [0.15, 0.2) is 0 Å². The van der Waals surface area contributed by atoms with Gasteiger partial charge in [-0.05, 0) is 61.7 Å². The minimum atomic E-state index is -0.666. The molecule has 1 heterocycles. The van der Waals surface area contributed by atoms with Crippen LogP contribution < -0.4 is 10.6 Å². The van der Waals surface area contributed by atoms with E-state index < -0.39 is 17.7 Å². The number of benzene rings is 2. The lowest BCUT2D eigenvalue weighted by Gasteiger charge is -2.32. The molecule has 2 aromatic rings. The highest BCUT2D eigenvalue weighted by atomic mass is 35.5. The third kappa shape index (κ3) is 5.91. The van der Waals surface area contributed by atoms with Crippen LogP contribution in [0.15, 0.2) is 42.5 Å². The molecule has 3 rings (SSSR count). The number of piperidine rings is 1. The van der Waals surface area contributed by atoms with Gasteiger partial charge in [0.05, 0.1) is 5.69 Å². The predicted molar refractivity (Wildman–Crippen MR) is 103 cm³/mol. The quantitative estimate of drug-likeness (QED) is 0.776. The van der Waals surface area contributed by atoms with Crippen LogP contribution in [0.2, 0.25) is 5.02 Å². The van der Waals surface area contributed by atoms with E-state index in [4.69, 9.17) is 11.6 Å². The minimum absolute atomic E-state index is 0.163. The van der Waals surface area contributed by atoms with E-state index in [0.717, 1.165) is 55.7 Å². The van der Waals surface area contributed by atoms with Gasteiger partial charge in [-0.1, -0.05) is 23.7 Å². The van der Waals surface area contributed by atoms with Crippen molar-refractivity contribution in [3.8, 4) is 0 Å². The van der Waals surface area contributed by atoms with Crippen molar-refractivity contribution in [2.75, 3.05) is 25.0 Å². The lowest BCUT2D eigenvalue weighted by atomic mass is 9.96. The number of anilines is 1. The third-order valence-electron chi connectivity index (χ3n) is 4.73. The first-order valence-electron chi connectivity index (χ1n) is 8.96. The summed E-state index contributed by atoms with van der Waals surface area (Å²) in [6, 6.07) is 10.3. The van der Waals surface area contributed by atoms with Gasteiger partial charge in [0.1, 0.15) is 11.6 Å². The van der Waals surface area contributed by atoms with Gasteiger partial charge in [-0.3, -0.25) is 4.90 Å². The molecule has 0 radical (unpaired) electrons. The van der Waals surface area contributed by atoms with E-state index >= 15 is 0 Å². The predicted octanol–water partition coefficient (Wildman–Crippen LogP) is 4.65. The normalized spacial score (nSPS) is 15.5. The van der Waals surface area contributed by atoms with Gasteiger partial charge >= 0.3 is 6.03 Å². The number of carbonyl (C=O) groups excluding carboxylic acids is 1. The van der Waals surface area contributed by atoms with Crippen LogP contribution in [0.4, 0.5) is 19.3 Å². The third-order valence-corrected chi connectivity index (χ3v) is 4.97. The van der Waals surface area contributed by atoms with Crippen molar-refractivity contribution in [2.45, 2.75) is 19.4 Å². The first-order chi connectivity index (χ1) is 13.0. The minimum Gasteiger partial charge on any atom is -0.338 e. The fourth-order valence-electron chi connectivity index (χ4n) is 3.24. The molecule has 0 unspecified atom stereocenters. The molecule has 1 aliphatic heterocycles. The summed E-state index contributed by atoms with van der Waals surface area (Å²) in [4.78, 5) is 14.3. The number of nitrogens with one attached hydrogen (secondary N) is 2. The number of hydrogen-bond acceptors (Lipinski definition) is 2. The molecule has 0 bridgehead atoms. The second kappa shape index (κ2) is 9.15. The zero-order valence-corrected chi connectivity index (χ0v) is 15.6. The average molecular weight is 394 g/mol. The number of halogens is 3. The van der Waals surface area contributed by atoms with E-state index in [1.165, 1.54) is 5.56 Å². The summed E-state index contributed by atoms with van der Waals surface area (Å²) < 4.78 is 26.7. The fourth-order valence-corrected chi connectivity index (χ4v) is 3.45. The highest BCUT2D eigenvalue weighted by Crippen LogP contribution is 2.20. The van der Waals surface area contributed by atoms with E-state index in [9.17, 15) is 13.6 Å². The summed E-state index contributed by atoms with van der Waals surface area (Å²) in [5, 5.41) is 5.84. The Balaban J connectivity index is 1.40. The summed E-state index contributed by atoms with van der Waals surface area (Å²) in [5.74, 6) is -0.900. The SMILES string of the molecule is O=C(NCC1CCN(Cc2cccc(Cl)c2)CC1)Nc1cc(F)ccc1F. The lowest BCUT2D eigenvalue weighted by molar-refractivity contribution is 0.175. The van der Waals surface area contributed by atoms with Crippen molar-refractivity contribution in [2.24, 2.45) is 5.92 Å². The summed E-state index contributed by atoms with van der Waals surface area (Å²) in [6.45, 7) is 3.26. The van der Waals surface area contributed by atoms with Crippen LogP contribution in [0.25, 0.3) is 0 Å². The van der Waals surface area contributed by atoms with Crippen molar-refractivity contribution in [1.29, 1.82) is 0 Å². The number of likely N-dealkylation sites (tertiary alicyclic amines) is 1. The molecule has 2 amide bonds. The second-order valence-corrected chi connectivity index (χ2v) is 7.25. The lowest BCUT2D eigenvalue weighted by Crippen LogP contribution is -2.39. The molecule has 144 valence electrons. The van der Waals surface area contributed by atoms with Crippen molar-refractivity contribution < 1.29 is 13.6 Å². The van der Waals surface area contributed by atoms with E-state index in [1.54, 1.807) is 0 Å². The molecule has 0 atom stereocenters. The molecule has 0 aromatic heterocycles. The molecule has 7 heteroatoms. The van der Waals surface area contributed by atoms with Gasteiger partial charge in [0.25, 0.3) is 0 Å². The Morgan fingerprint density at radius 2 is 1.93 bits per heavy atom. The molecule has 0 spiro atoms. The number of urea groups is 1. The van der Waals surface area contributed by atoms with Crippen LogP contribution in [0.5, 0.6) is 0 Å².